The molecule has 0 bridgehead atoms. The second-order valence-electron chi connectivity index (χ2n) is 5.89. The number of benzene rings is 1. The zero-order valence-corrected chi connectivity index (χ0v) is 16.0. The number of thioether (sulfide) groups is 1. The van der Waals surface area contributed by atoms with Crippen LogP contribution < -0.4 is 0 Å². The number of amides is 1. The Hall–Kier alpha value is -1.92. The molecule has 1 aromatic heterocycles. The van der Waals surface area contributed by atoms with E-state index in [1.165, 1.54) is 34.2 Å². The minimum absolute atomic E-state index is 0.0113. The fourth-order valence-corrected chi connectivity index (χ4v) is 4.11. The van der Waals surface area contributed by atoms with Crippen molar-refractivity contribution in [2.24, 2.45) is 4.99 Å². The van der Waals surface area contributed by atoms with Gasteiger partial charge in [-0.15, -0.1) is 11.3 Å². The monoisotopic (exact) mass is 357 g/mol. The molecule has 1 aliphatic rings. The molecule has 0 radical (unpaired) electrons. The van der Waals surface area contributed by atoms with Crippen molar-refractivity contribution in [2.75, 3.05) is 7.05 Å². The van der Waals surface area contributed by atoms with Crippen LogP contribution in [0.3, 0.4) is 0 Å². The van der Waals surface area contributed by atoms with E-state index in [2.05, 4.69) is 42.0 Å². The smallest absolute Gasteiger partial charge is 0.266 e. The third-order valence-electron chi connectivity index (χ3n) is 4.06. The molecular formula is C18H19N3OS2. The van der Waals surface area contributed by atoms with Crippen LogP contribution in [0.1, 0.15) is 29.3 Å². The summed E-state index contributed by atoms with van der Waals surface area (Å²) in [4.78, 5) is 23.8. The maximum atomic E-state index is 12.6. The van der Waals surface area contributed by atoms with E-state index in [1.807, 2.05) is 19.2 Å². The molecule has 1 aliphatic heterocycles. The lowest BCUT2D eigenvalue weighted by Crippen LogP contribution is -2.23. The number of amidine groups is 1. The Labute approximate surface area is 150 Å². The second-order valence-corrected chi connectivity index (χ2v) is 7.70. The van der Waals surface area contributed by atoms with Gasteiger partial charge in [0.2, 0.25) is 5.13 Å². The van der Waals surface area contributed by atoms with Crippen LogP contribution in [0, 0.1) is 20.8 Å². The van der Waals surface area contributed by atoms with E-state index in [1.54, 1.807) is 11.9 Å². The van der Waals surface area contributed by atoms with E-state index in [0.717, 1.165) is 21.7 Å². The molecule has 6 heteroatoms. The maximum Gasteiger partial charge on any atom is 0.266 e. The van der Waals surface area contributed by atoms with Gasteiger partial charge in [-0.3, -0.25) is 9.69 Å². The average Bonchev–Trinajstić information content (AvgIpc) is 3.08. The van der Waals surface area contributed by atoms with Gasteiger partial charge < -0.3 is 0 Å². The summed E-state index contributed by atoms with van der Waals surface area (Å²) in [5, 5.41) is 3.31. The third-order valence-corrected chi connectivity index (χ3v) is 6.14. The molecule has 1 fully saturated rings. The van der Waals surface area contributed by atoms with Crippen molar-refractivity contribution in [3.63, 3.8) is 0 Å². The van der Waals surface area contributed by atoms with Crippen molar-refractivity contribution < 1.29 is 4.79 Å². The lowest BCUT2D eigenvalue weighted by Gasteiger charge is -2.08. The van der Waals surface area contributed by atoms with E-state index < -0.39 is 0 Å². The van der Waals surface area contributed by atoms with Gasteiger partial charge in [0.15, 0.2) is 5.17 Å². The molecule has 1 saturated heterocycles. The summed E-state index contributed by atoms with van der Waals surface area (Å²) >= 11 is 2.90. The molecule has 0 unspecified atom stereocenters. The quantitative estimate of drug-likeness (QED) is 0.732. The zero-order chi connectivity index (χ0) is 17.4. The molecule has 3 rings (SSSR count). The van der Waals surface area contributed by atoms with Crippen LogP contribution >= 0.6 is 23.1 Å². The van der Waals surface area contributed by atoms with E-state index in [9.17, 15) is 4.79 Å². The number of thiazole rings is 1. The van der Waals surface area contributed by atoms with Crippen molar-refractivity contribution in [3.05, 3.63) is 50.9 Å². The van der Waals surface area contributed by atoms with Crippen LogP contribution in [0.15, 0.2) is 33.5 Å². The number of aromatic nitrogens is 1. The number of aliphatic imine (C=N–C) groups is 1. The van der Waals surface area contributed by atoms with E-state index >= 15 is 0 Å². The number of rotatable bonds is 2. The first-order chi connectivity index (χ1) is 11.4. The van der Waals surface area contributed by atoms with Gasteiger partial charge >= 0.3 is 0 Å². The summed E-state index contributed by atoms with van der Waals surface area (Å²) in [5.41, 5.74) is 5.48. The van der Waals surface area contributed by atoms with E-state index in [-0.39, 0.29) is 5.91 Å². The third kappa shape index (κ3) is 3.16. The van der Waals surface area contributed by atoms with Crippen LogP contribution in [-0.4, -0.2) is 28.0 Å². The van der Waals surface area contributed by atoms with Crippen LogP contribution in [0.5, 0.6) is 0 Å². The van der Waals surface area contributed by atoms with Crippen LogP contribution in [0.2, 0.25) is 0 Å². The summed E-state index contributed by atoms with van der Waals surface area (Å²) < 4.78 is 0. The van der Waals surface area contributed by atoms with Gasteiger partial charge in [-0.05, 0) is 61.7 Å². The lowest BCUT2D eigenvalue weighted by molar-refractivity contribution is -0.121. The fourth-order valence-electron chi connectivity index (χ4n) is 2.36. The van der Waals surface area contributed by atoms with Crippen LogP contribution in [0.25, 0.3) is 5.57 Å². The maximum absolute atomic E-state index is 12.6. The SMILES string of the molecule is C/C(=C1/S/C(=N/c2nc(C)cs2)N(C)C1=O)c1ccc(C)c(C)c1. The van der Waals surface area contributed by atoms with Gasteiger partial charge in [-0.1, -0.05) is 18.2 Å². The Bertz CT molecular complexity index is 880. The first kappa shape index (κ1) is 16.9. The van der Waals surface area contributed by atoms with E-state index in [0.29, 0.717) is 10.3 Å². The van der Waals surface area contributed by atoms with Crippen LogP contribution in [-0.2, 0) is 4.79 Å². The largest absolute Gasteiger partial charge is 0.289 e. The Balaban J connectivity index is 1.98. The zero-order valence-electron chi connectivity index (χ0n) is 14.4. The predicted octanol–water partition coefficient (Wildman–Crippen LogP) is 4.69. The van der Waals surface area contributed by atoms with Crippen molar-refractivity contribution >= 4 is 44.9 Å². The molecular weight excluding hydrogens is 338 g/mol. The Morgan fingerprint density at radius 1 is 1.21 bits per heavy atom. The number of allylic oxidation sites excluding steroid dienone is 1. The molecule has 0 atom stereocenters. The number of likely N-dealkylation sites (N-methyl/N-ethyl adjacent to an activating group) is 1. The topological polar surface area (TPSA) is 45.6 Å². The molecule has 24 heavy (non-hydrogen) atoms. The highest BCUT2D eigenvalue weighted by atomic mass is 32.2. The first-order valence-corrected chi connectivity index (χ1v) is 9.31. The van der Waals surface area contributed by atoms with Gasteiger partial charge in [0.25, 0.3) is 5.91 Å². The summed E-state index contributed by atoms with van der Waals surface area (Å²) in [5.74, 6) is -0.0113. The molecule has 0 N–H and O–H groups in total. The Morgan fingerprint density at radius 3 is 2.58 bits per heavy atom. The standard InChI is InChI=1S/C18H19N3OS2/c1-10-6-7-14(8-11(10)2)13(4)15-16(22)21(5)18(24-15)20-17-19-12(3)9-23-17/h6-9H,1-5H3/b15-13-,20-18+. The molecule has 1 amide bonds. The molecule has 0 saturated carbocycles. The molecule has 0 aliphatic carbocycles. The molecule has 124 valence electrons. The number of nitrogens with zero attached hydrogens (tertiary/aromatic N) is 3. The van der Waals surface area contributed by atoms with E-state index in [4.69, 9.17) is 0 Å². The highest BCUT2D eigenvalue weighted by Gasteiger charge is 2.32. The normalized spacial score (nSPS) is 18.6. The molecule has 2 heterocycles. The Kier molecular flexibility index (Phi) is 4.60. The van der Waals surface area contributed by atoms with Gasteiger partial charge in [-0.2, -0.15) is 4.99 Å². The summed E-state index contributed by atoms with van der Waals surface area (Å²) in [6.45, 7) is 8.11. The number of carbonyl (C=O) groups is 1. The number of hydrogen-bond donors (Lipinski definition) is 0. The van der Waals surface area contributed by atoms with Gasteiger partial charge in [0.1, 0.15) is 0 Å². The summed E-state index contributed by atoms with van der Waals surface area (Å²) in [7, 11) is 1.76. The van der Waals surface area contributed by atoms with Gasteiger partial charge in [0, 0.05) is 12.4 Å². The van der Waals surface area contributed by atoms with Crippen molar-refractivity contribution in [3.8, 4) is 0 Å². The Morgan fingerprint density at radius 2 is 1.96 bits per heavy atom. The highest BCUT2D eigenvalue weighted by molar-refractivity contribution is 8.18. The molecule has 2 aromatic rings. The minimum atomic E-state index is -0.0113. The van der Waals surface area contributed by atoms with Crippen LogP contribution in [0.4, 0.5) is 5.13 Å². The average molecular weight is 358 g/mol. The first-order valence-electron chi connectivity index (χ1n) is 7.62. The summed E-state index contributed by atoms with van der Waals surface area (Å²) in [6.07, 6.45) is 0. The second kappa shape index (κ2) is 6.53. The van der Waals surface area contributed by atoms with Gasteiger partial charge in [-0.25, -0.2) is 4.98 Å². The highest BCUT2D eigenvalue weighted by Crippen LogP contribution is 2.37. The summed E-state index contributed by atoms with van der Waals surface area (Å²) in [6, 6.07) is 6.29. The minimum Gasteiger partial charge on any atom is -0.289 e. The fraction of sp³-hybridized carbons (Fsp3) is 0.278. The van der Waals surface area contributed by atoms with Crippen molar-refractivity contribution in [1.29, 1.82) is 0 Å². The lowest BCUT2D eigenvalue weighted by atomic mass is 10.0. The number of carbonyl (C=O) groups excluding carboxylic acids is 1. The molecule has 4 nitrogen and oxygen atoms in total. The molecule has 0 spiro atoms. The number of aryl methyl sites for hydroxylation is 3. The number of hydrogen-bond acceptors (Lipinski definition) is 5. The van der Waals surface area contributed by atoms with Crippen molar-refractivity contribution in [2.45, 2.75) is 27.7 Å². The van der Waals surface area contributed by atoms with Crippen molar-refractivity contribution in [1.82, 2.24) is 9.88 Å². The molecule has 1 aromatic carbocycles. The predicted molar refractivity (Wildman–Crippen MR) is 103 cm³/mol. The van der Waals surface area contributed by atoms with Gasteiger partial charge in [0.05, 0.1) is 10.6 Å².